The highest BCUT2D eigenvalue weighted by atomic mass is 16.5. The van der Waals surface area contributed by atoms with E-state index in [9.17, 15) is 0 Å². The zero-order chi connectivity index (χ0) is 13.7. The lowest BCUT2D eigenvalue weighted by atomic mass is 10.1. The monoisotopic (exact) mass is 263 g/mol. The SMILES string of the molecule is COc1cc(Cc2nnn(CCN)n2)cc(OC)c1. The number of nitrogens with zero attached hydrogens (tertiary/aromatic N) is 4. The summed E-state index contributed by atoms with van der Waals surface area (Å²) >= 11 is 0. The zero-order valence-electron chi connectivity index (χ0n) is 11.0. The lowest BCUT2D eigenvalue weighted by molar-refractivity contribution is 0.393. The van der Waals surface area contributed by atoms with E-state index in [0.717, 1.165) is 17.1 Å². The molecule has 0 unspecified atom stereocenters. The molecule has 1 aromatic heterocycles. The molecule has 0 spiro atoms. The Bertz CT molecular complexity index is 518. The molecule has 2 aromatic rings. The summed E-state index contributed by atoms with van der Waals surface area (Å²) in [6.45, 7) is 1.05. The number of methoxy groups -OCH3 is 2. The van der Waals surface area contributed by atoms with Gasteiger partial charge in [-0.3, -0.25) is 0 Å². The van der Waals surface area contributed by atoms with Crippen molar-refractivity contribution in [3.63, 3.8) is 0 Å². The lowest BCUT2D eigenvalue weighted by Crippen LogP contribution is -2.12. The number of tetrazole rings is 1. The summed E-state index contributed by atoms with van der Waals surface area (Å²) < 4.78 is 10.4. The first-order chi connectivity index (χ1) is 9.25. The fourth-order valence-corrected chi connectivity index (χ4v) is 1.71. The first kappa shape index (κ1) is 13.3. The average Bonchev–Trinajstić information content (AvgIpc) is 2.86. The quantitative estimate of drug-likeness (QED) is 0.803. The van der Waals surface area contributed by atoms with Gasteiger partial charge in [-0.1, -0.05) is 0 Å². The molecule has 1 aromatic carbocycles. The van der Waals surface area contributed by atoms with Gasteiger partial charge < -0.3 is 15.2 Å². The highest BCUT2D eigenvalue weighted by Gasteiger charge is 2.07. The van der Waals surface area contributed by atoms with Crippen molar-refractivity contribution >= 4 is 0 Å². The van der Waals surface area contributed by atoms with E-state index in [1.165, 1.54) is 4.80 Å². The van der Waals surface area contributed by atoms with Crippen LogP contribution in [-0.2, 0) is 13.0 Å². The third kappa shape index (κ3) is 3.41. The van der Waals surface area contributed by atoms with Crippen molar-refractivity contribution in [1.29, 1.82) is 0 Å². The van der Waals surface area contributed by atoms with Crippen molar-refractivity contribution in [2.45, 2.75) is 13.0 Å². The molecule has 0 atom stereocenters. The molecule has 2 rings (SSSR count). The molecule has 1 heterocycles. The third-order valence-corrected chi connectivity index (χ3v) is 2.60. The first-order valence-corrected chi connectivity index (χ1v) is 5.94. The minimum absolute atomic E-state index is 0.489. The summed E-state index contributed by atoms with van der Waals surface area (Å²) in [5.74, 6) is 2.12. The first-order valence-electron chi connectivity index (χ1n) is 5.94. The Kier molecular flexibility index (Phi) is 4.30. The smallest absolute Gasteiger partial charge is 0.179 e. The zero-order valence-corrected chi connectivity index (χ0v) is 11.0. The van der Waals surface area contributed by atoms with E-state index in [0.29, 0.717) is 25.3 Å². The molecule has 102 valence electrons. The van der Waals surface area contributed by atoms with Gasteiger partial charge in [-0.05, 0) is 22.9 Å². The Hall–Kier alpha value is -2.15. The normalized spacial score (nSPS) is 10.5. The van der Waals surface area contributed by atoms with Crippen LogP contribution in [0, 0.1) is 0 Å². The lowest BCUT2D eigenvalue weighted by Gasteiger charge is -2.06. The molecule has 7 nitrogen and oxygen atoms in total. The number of hydrogen-bond acceptors (Lipinski definition) is 6. The molecule has 0 aliphatic rings. The minimum atomic E-state index is 0.489. The summed E-state index contributed by atoms with van der Waals surface area (Å²) in [6, 6.07) is 5.67. The number of rotatable bonds is 6. The number of aromatic nitrogens is 4. The topological polar surface area (TPSA) is 88.1 Å². The molecule has 0 amide bonds. The van der Waals surface area contributed by atoms with Crippen LogP contribution >= 0.6 is 0 Å². The van der Waals surface area contributed by atoms with E-state index in [-0.39, 0.29) is 0 Å². The number of benzene rings is 1. The number of ether oxygens (including phenoxy) is 2. The van der Waals surface area contributed by atoms with Crippen molar-refractivity contribution in [2.75, 3.05) is 20.8 Å². The van der Waals surface area contributed by atoms with E-state index in [1.807, 2.05) is 18.2 Å². The van der Waals surface area contributed by atoms with Gasteiger partial charge in [-0.15, -0.1) is 10.2 Å². The maximum absolute atomic E-state index is 5.44. The molecule has 0 aliphatic carbocycles. The van der Waals surface area contributed by atoms with Crippen molar-refractivity contribution < 1.29 is 9.47 Å². The molecule has 2 N–H and O–H groups in total. The molecule has 0 aliphatic heterocycles. The van der Waals surface area contributed by atoms with E-state index in [2.05, 4.69) is 15.4 Å². The maximum Gasteiger partial charge on any atom is 0.179 e. The van der Waals surface area contributed by atoms with Gasteiger partial charge in [0.25, 0.3) is 0 Å². The van der Waals surface area contributed by atoms with Crippen LogP contribution in [0.4, 0.5) is 0 Å². The molecule has 0 saturated heterocycles. The Balaban J connectivity index is 2.16. The third-order valence-electron chi connectivity index (χ3n) is 2.60. The predicted molar refractivity (Wildman–Crippen MR) is 69.2 cm³/mol. The van der Waals surface area contributed by atoms with Crippen LogP contribution in [0.1, 0.15) is 11.4 Å². The van der Waals surface area contributed by atoms with Crippen LogP contribution < -0.4 is 15.2 Å². The molecule has 0 saturated carbocycles. The van der Waals surface area contributed by atoms with E-state index in [4.69, 9.17) is 15.2 Å². The Morgan fingerprint density at radius 3 is 2.42 bits per heavy atom. The van der Waals surface area contributed by atoms with Crippen molar-refractivity contribution in [1.82, 2.24) is 20.2 Å². The van der Waals surface area contributed by atoms with Crippen LogP contribution in [0.5, 0.6) is 11.5 Å². The van der Waals surface area contributed by atoms with Gasteiger partial charge in [-0.25, -0.2) is 0 Å². The standard InChI is InChI=1S/C12H17N5O2/c1-18-10-5-9(6-11(8-10)19-2)7-12-14-16-17(15-12)4-3-13/h5-6,8H,3-4,7,13H2,1-2H3. The summed E-state index contributed by atoms with van der Waals surface area (Å²) in [7, 11) is 3.24. The van der Waals surface area contributed by atoms with Gasteiger partial charge in [0.2, 0.25) is 0 Å². The van der Waals surface area contributed by atoms with Crippen LogP contribution in [0.25, 0.3) is 0 Å². The largest absolute Gasteiger partial charge is 0.497 e. The second kappa shape index (κ2) is 6.14. The molecule has 19 heavy (non-hydrogen) atoms. The predicted octanol–water partition coefficient (Wildman–Crippen LogP) is 0.240. The van der Waals surface area contributed by atoms with Crippen molar-refractivity contribution in [3.05, 3.63) is 29.6 Å². The molecular formula is C12H17N5O2. The van der Waals surface area contributed by atoms with Crippen LogP contribution in [0.3, 0.4) is 0 Å². The Morgan fingerprint density at radius 2 is 1.84 bits per heavy atom. The van der Waals surface area contributed by atoms with E-state index < -0.39 is 0 Å². The van der Waals surface area contributed by atoms with Gasteiger partial charge >= 0.3 is 0 Å². The molecule has 0 bridgehead atoms. The Morgan fingerprint density at radius 1 is 1.16 bits per heavy atom. The summed E-state index contributed by atoms with van der Waals surface area (Å²) in [6.07, 6.45) is 0.568. The van der Waals surface area contributed by atoms with Gasteiger partial charge in [0.05, 0.1) is 20.8 Å². The van der Waals surface area contributed by atoms with Gasteiger partial charge in [0, 0.05) is 19.0 Å². The number of nitrogens with two attached hydrogens (primary N) is 1. The molecular weight excluding hydrogens is 246 g/mol. The van der Waals surface area contributed by atoms with Crippen molar-refractivity contribution in [3.8, 4) is 11.5 Å². The fourth-order valence-electron chi connectivity index (χ4n) is 1.71. The minimum Gasteiger partial charge on any atom is -0.497 e. The molecule has 0 fully saturated rings. The Labute approximate surface area is 111 Å². The van der Waals surface area contributed by atoms with Crippen LogP contribution in [0.2, 0.25) is 0 Å². The second-order valence-electron chi connectivity index (χ2n) is 3.99. The van der Waals surface area contributed by atoms with Gasteiger partial charge in [0.15, 0.2) is 5.82 Å². The van der Waals surface area contributed by atoms with E-state index in [1.54, 1.807) is 14.2 Å². The van der Waals surface area contributed by atoms with Crippen molar-refractivity contribution in [2.24, 2.45) is 5.73 Å². The van der Waals surface area contributed by atoms with Crippen LogP contribution in [0.15, 0.2) is 18.2 Å². The average molecular weight is 263 g/mol. The summed E-state index contributed by atoms with van der Waals surface area (Å²) in [5, 5.41) is 12.1. The van der Waals surface area contributed by atoms with Gasteiger partial charge in [-0.2, -0.15) is 4.80 Å². The van der Waals surface area contributed by atoms with Gasteiger partial charge in [0.1, 0.15) is 11.5 Å². The highest BCUT2D eigenvalue weighted by molar-refractivity contribution is 5.39. The molecule has 0 radical (unpaired) electrons. The summed E-state index contributed by atoms with van der Waals surface area (Å²) in [5.41, 5.74) is 6.44. The fraction of sp³-hybridized carbons (Fsp3) is 0.417. The van der Waals surface area contributed by atoms with E-state index >= 15 is 0 Å². The molecule has 7 heteroatoms. The maximum atomic E-state index is 5.44. The second-order valence-corrected chi connectivity index (χ2v) is 3.99. The summed E-state index contributed by atoms with van der Waals surface area (Å²) in [4.78, 5) is 1.49. The van der Waals surface area contributed by atoms with Crippen LogP contribution in [-0.4, -0.2) is 41.0 Å². The highest BCUT2D eigenvalue weighted by Crippen LogP contribution is 2.23. The number of hydrogen-bond donors (Lipinski definition) is 1.